The highest BCUT2D eigenvalue weighted by Gasteiger charge is 2.33. The van der Waals surface area contributed by atoms with E-state index in [0.29, 0.717) is 0 Å². The molecule has 0 aliphatic rings. The van der Waals surface area contributed by atoms with Gasteiger partial charge in [0.1, 0.15) is 11.8 Å². The zero-order valence-corrected chi connectivity index (χ0v) is 15.9. The third-order valence-electron chi connectivity index (χ3n) is 4.22. The lowest BCUT2D eigenvalue weighted by atomic mass is 10.2. The van der Waals surface area contributed by atoms with Crippen LogP contribution >= 0.6 is 7.37 Å². The molecule has 3 atom stereocenters. The maximum absolute atomic E-state index is 13.0. The van der Waals surface area contributed by atoms with Crippen molar-refractivity contribution in [3.05, 3.63) is 75.8 Å². The largest absolute Gasteiger partial charge is 0.480 e. The predicted octanol–water partition coefficient (Wildman–Crippen LogP) is 2.46. The Morgan fingerprint density at radius 1 is 1.21 bits per heavy atom. The van der Waals surface area contributed by atoms with Crippen molar-refractivity contribution >= 4 is 19.0 Å². The third kappa shape index (κ3) is 5.97. The highest BCUT2D eigenvalue weighted by molar-refractivity contribution is 7.58. The van der Waals surface area contributed by atoms with Crippen molar-refractivity contribution in [3.63, 3.8) is 0 Å². The number of hydrogen-bond donors (Lipinski definition) is 4. The molecule has 10 heteroatoms. The fourth-order valence-corrected chi connectivity index (χ4v) is 4.60. The average Bonchev–Trinajstić information content (AvgIpc) is 2.67. The zero-order valence-electron chi connectivity index (χ0n) is 15.0. The van der Waals surface area contributed by atoms with Gasteiger partial charge in [0.25, 0.3) is 5.69 Å². The first-order chi connectivity index (χ1) is 13.2. The summed E-state index contributed by atoms with van der Waals surface area (Å²) in [7, 11) is -3.98. The molecule has 150 valence electrons. The molecule has 0 saturated carbocycles. The Balaban J connectivity index is 2.29. The Labute approximate surface area is 161 Å². The minimum atomic E-state index is -3.98. The van der Waals surface area contributed by atoms with Gasteiger partial charge < -0.3 is 15.7 Å². The number of carbonyl (C=O) groups is 1. The fraction of sp³-hybridized carbons (Fsp3) is 0.278. The fourth-order valence-electron chi connectivity index (χ4n) is 2.69. The number of nitro benzene ring substituents is 1. The van der Waals surface area contributed by atoms with Gasteiger partial charge in [0.15, 0.2) is 0 Å². The van der Waals surface area contributed by atoms with Crippen LogP contribution in [0.3, 0.4) is 0 Å². The van der Waals surface area contributed by atoms with E-state index in [1.165, 1.54) is 24.3 Å². The molecular formula is C18H22N3O6P. The lowest BCUT2D eigenvalue weighted by Gasteiger charge is -2.25. The van der Waals surface area contributed by atoms with Crippen LogP contribution in [0.5, 0.6) is 0 Å². The lowest BCUT2D eigenvalue weighted by molar-refractivity contribution is -0.384. The van der Waals surface area contributed by atoms with Gasteiger partial charge >= 0.3 is 5.97 Å². The topological polar surface area (TPSA) is 156 Å². The van der Waals surface area contributed by atoms with Crippen LogP contribution in [-0.4, -0.2) is 33.1 Å². The van der Waals surface area contributed by atoms with Gasteiger partial charge in [-0.15, -0.1) is 0 Å². The molecule has 0 heterocycles. The Hall–Kier alpha value is -2.58. The third-order valence-corrected chi connectivity index (χ3v) is 6.41. The Morgan fingerprint density at radius 3 is 2.50 bits per heavy atom. The first-order valence-electron chi connectivity index (χ1n) is 8.52. The summed E-state index contributed by atoms with van der Waals surface area (Å²) in [6.07, 6.45) is -0.531. The van der Waals surface area contributed by atoms with Crippen molar-refractivity contribution in [2.75, 3.05) is 6.16 Å². The van der Waals surface area contributed by atoms with Crippen molar-refractivity contribution in [2.24, 2.45) is 5.73 Å². The number of aliphatic carboxylic acids is 1. The second kappa shape index (κ2) is 9.57. The quantitative estimate of drug-likeness (QED) is 0.266. The molecule has 0 aliphatic heterocycles. The molecule has 28 heavy (non-hydrogen) atoms. The minimum absolute atomic E-state index is 0.193. The number of hydrogen-bond acceptors (Lipinski definition) is 6. The van der Waals surface area contributed by atoms with E-state index in [2.05, 4.69) is 5.32 Å². The van der Waals surface area contributed by atoms with Crippen LogP contribution in [0, 0.1) is 10.1 Å². The number of nitrogens with two attached hydrogens (primary N) is 1. The molecule has 0 saturated heterocycles. The highest BCUT2D eigenvalue weighted by Crippen LogP contribution is 2.54. The molecular weight excluding hydrogens is 385 g/mol. The van der Waals surface area contributed by atoms with E-state index in [1.807, 2.05) is 30.3 Å². The first-order valence-corrected chi connectivity index (χ1v) is 10.4. The van der Waals surface area contributed by atoms with Crippen LogP contribution < -0.4 is 11.1 Å². The maximum atomic E-state index is 13.0. The van der Waals surface area contributed by atoms with Crippen LogP contribution in [0.15, 0.2) is 54.6 Å². The van der Waals surface area contributed by atoms with Crippen LogP contribution in [0.25, 0.3) is 0 Å². The van der Waals surface area contributed by atoms with Gasteiger partial charge in [-0.25, -0.2) is 0 Å². The summed E-state index contributed by atoms with van der Waals surface area (Å²) in [5, 5.41) is 23.0. The molecule has 0 amide bonds. The highest BCUT2D eigenvalue weighted by atomic mass is 31.2. The number of nitrogens with zero attached hydrogens (tertiary/aromatic N) is 1. The number of nitro groups is 1. The summed E-state index contributed by atoms with van der Waals surface area (Å²) < 4.78 is 13.0. The maximum Gasteiger partial charge on any atom is 0.320 e. The monoisotopic (exact) mass is 407 g/mol. The van der Waals surface area contributed by atoms with Crippen LogP contribution in [-0.2, 0) is 15.9 Å². The molecule has 0 aliphatic carbocycles. The Morgan fingerprint density at radius 2 is 1.89 bits per heavy atom. The summed E-state index contributed by atoms with van der Waals surface area (Å²) in [5.41, 5.74) is 6.39. The molecule has 9 nitrogen and oxygen atoms in total. The summed E-state index contributed by atoms with van der Waals surface area (Å²) in [4.78, 5) is 32.0. The number of benzene rings is 2. The SMILES string of the molecule is N[C@@H](CCP(=O)(O)C(NCc1ccccc1)c1cccc([N+](=O)[O-])c1)C(=O)O. The number of rotatable bonds is 10. The Bertz CT molecular complexity index is 877. The molecule has 0 bridgehead atoms. The van der Waals surface area contributed by atoms with Crippen LogP contribution in [0.4, 0.5) is 5.69 Å². The van der Waals surface area contributed by atoms with Gasteiger partial charge in [-0.2, -0.15) is 0 Å². The second-order valence-corrected chi connectivity index (χ2v) is 8.81. The summed E-state index contributed by atoms with van der Waals surface area (Å²) >= 11 is 0. The predicted molar refractivity (Wildman–Crippen MR) is 104 cm³/mol. The zero-order chi connectivity index (χ0) is 20.7. The number of nitrogens with one attached hydrogen (secondary N) is 1. The molecule has 2 aromatic carbocycles. The molecule has 5 N–H and O–H groups in total. The van der Waals surface area contributed by atoms with Crippen molar-refractivity contribution in [1.29, 1.82) is 0 Å². The van der Waals surface area contributed by atoms with E-state index >= 15 is 0 Å². The molecule has 0 radical (unpaired) electrons. The van der Waals surface area contributed by atoms with Crippen molar-refractivity contribution in [1.82, 2.24) is 5.32 Å². The van der Waals surface area contributed by atoms with Crippen molar-refractivity contribution in [2.45, 2.75) is 24.8 Å². The number of non-ortho nitro benzene ring substituents is 1. The van der Waals surface area contributed by atoms with E-state index < -0.39 is 30.1 Å². The average molecular weight is 407 g/mol. The van der Waals surface area contributed by atoms with E-state index in [-0.39, 0.29) is 30.4 Å². The summed E-state index contributed by atoms with van der Waals surface area (Å²) in [6.45, 7) is 0.254. The minimum Gasteiger partial charge on any atom is -0.480 e. The Kier molecular flexibility index (Phi) is 7.42. The number of carboxylic acid groups (broad SMARTS) is 1. The smallest absolute Gasteiger partial charge is 0.320 e. The molecule has 0 aromatic heterocycles. The van der Waals surface area contributed by atoms with Crippen molar-refractivity contribution in [3.8, 4) is 0 Å². The van der Waals surface area contributed by atoms with Gasteiger partial charge in [-0.05, 0) is 17.5 Å². The standard InChI is InChI=1S/C18H22N3O6P/c19-16(18(22)23)9-10-28(26,27)17(20-12-13-5-2-1-3-6-13)14-7-4-8-15(11-14)21(24)25/h1-8,11,16-17,20H,9-10,12,19H2,(H,22,23)(H,26,27)/t16-,17?/m0/s1. The van der Waals surface area contributed by atoms with Crippen molar-refractivity contribution < 1.29 is 24.3 Å². The molecule has 2 unspecified atom stereocenters. The summed E-state index contributed by atoms with van der Waals surface area (Å²) in [5.74, 6) is -2.36. The molecule has 0 fully saturated rings. The van der Waals surface area contributed by atoms with E-state index in [4.69, 9.17) is 10.8 Å². The van der Waals surface area contributed by atoms with Gasteiger partial charge in [0.2, 0.25) is 7.37 Å². The van der Waals surface area contributed by atoms with Gasteiger partial charge in [-0.1, -0.05) is 42.5 Å². The van der Waals surface area contributed by atoms with Crippen LogP contribution in [0.2, 0.25) is 0 Å². The second-order valence-electron chi connectivity index (χ2n) is 6.33. The van der Waals surface area contributed by atoms with Gasteiger partial charge in [-0.3, -0.25) is 24.8 Å². The van der Waals surface area contributed by atoms with E-state index in [9.17, 15) is 24.4 Å². The first kappa shape index (κ1) is 21.7. The lowest BCUT2D eigenvalue weighted by Crippen LogP contribution is -2.31. The van der Waals surface area contributed by atoms with Gasteiger partial charge in [0.05, 0.1) is 4.92 Å². The van der Waals surface area contributed by atoms with E-state index in [0.717, 1.165) is 5.56 Å². The van der Waals surface area contributed by atoms with Crippen LogP contribution in [0.1, 0.15) is 23.3 Å². The van der Waals surface area contributed by atoms with Gasteiger partial charge in [0, 0.05) is 24.8 Å². The van der Waals surface area contributed by atoms with E-state index in [1.54, 1.807) is 0 Å². The normalized spacial score (nSPS) is 15.4. The molecule has 2 rings (SSSR count). The molecule has 2 aromatic rings. The molecule has 0 spiro atoms. The summed E-state index contributed by atoms with van der Waals surface area (Å²) in [6, 6.07) is 13.4. The number of carboxylic acids is 1.